The molecule has 1 amide bonds. The van der Waals surface area contributed by atoms with E-state index in [1.165, 1.54) is 26.2 Å². The Labute approximate surface area is 155 Å². The van der Waals surface area contributed by atoms with E-state index < -0.39 is 21.0 Å². The van der Waals surface area contributed by atoms with E-state index in [2.05, 4.69) is 5.32 Å². The third kappa shape index (κ3) is 3.51. The molecule has 1 saturated carbocycles. The Morgan fingerprint density at radius 3 is 2.35 bits per heavy atom. The molecule has 2 unspecified atom stereocenters. The standard InChI is InChI=1S/C18H29N3O4S/c1-6-25-15-11-18(19,17(15,2)3)16(22)20-12-13-7-9-14(10-8-13)26(23,24)21(4)5/h7-10,15H,6,11-12,19H2,1-5H3,(H,20,22). The normalized spacial score (nSPS) is 25.0. The summed E-state index contributed by atoms with van der Waals surface area (Å²) >= 11 is 0. The lowest BCUT2D eigenvalue weighted by Crippen LogP contribution is -2.75. The maximum atomic E-state index is 12.6. The molecule has 146 valence electrons. The van der Waals surface area contributed by atoms with E-state index in [1.54, 1.807) is 12.1 Å². The van der Waals surface area contributed by atoms with Crippen molar-refractivity contribution in [1.29, 1.82) is 0 Å². The van der Waals surface area contributed by atoms with Gasteiger partial charge >= 0.3 is 0 Å². The first-order chi connectivity index (χ1) is 12.0. The van der Waals surface area contributed by atoms with Crippen molar-refractivity contribution >= 4 is 15.9 Å². The van der Waals surface area contributed by atoms with Crippen molar-refractivity contribution in [3.8, 4) is 0 Å². The van der Waals surface area contributed by atoms with Crippen LogP contribution in [0.5, 0.6) is 0 Å². The van der Waals surface area contributed by atoms with Gasteiger partial charge in [-0.2, -0.15) is 0 Å². The lowest BCUT2D eigenvalue weighted by molar-refractivity contribution is -0.170. The van der Waals surface area contributed by atoms with Gasteiger partial charge in [0.15, 0.2) is 0 Å². The zero-order chi connectivity index (χ0) is 19.8. The van der Waals surface area contributed by atoms with Crippen LogP contribution in [0.4, 0.5) is 0 Å². The Bertz CT molecular complexity index is 759. The monoisotopic (exact) mass is 383 g/mol. The summed E-state index contributed by atoms with van der Waals surface area (Å²) in [5.41, 5.74) is 5.73. The molecule has 26 heavy (non-hydrogen) atoms. The molecule has 0 aliphatic heterocycles. The van der Waals surface area contributed by atoms with E-state index >= 15 is 0 Å². The lowest BCUT2D eigenvalue weighted by Gasteiger charge is -2.57. The Kier molecular flexibility index (Phi) is 5.82. The fourth-order valence-electron chi connectivity index (χ4n) is 3.15. The first kappa shape index (κ1) is 20.8. The highest BCUT2D eigenvalue weighted by Crippen LogP contribution is 2.49. The number of amides is 1. The highest BCUT2D eigenvalue weighted by atomic mass is 32.2. The first-order valence-corrected chi connectivity index (χ1v) is 10.1. The summed E-state index contributed by atoms with van der Waals surface area (Å²) in [7, 11) is -0.486. The second-order valence-electron chi connectivity index (χ2n) is 7.46. The maximum absolute atomic E-state index is 12.6. The topological polar surface area (TPSA) is 102 Å². The molecule has 2 rings (SSSR count). The molecule has 2 atom stereocenters. The largest absolute Gasteiger partial charge is 0.378 e. The molecule has 1 aliphatic carbocycles. The Hall–Kier alpha value is -1.48. The molecule has 7 nitrogen and oxygen atoms in total. The van der Waals surface area contributed by atoms with Gasteiger partial charge in [-0.1, -0.05) is 26.0 Å². The molecule has 0 radical (unpaired) electrons. The smallest absolute Gasteiger partial charge is 0.242 e. The number of ether oxygens (including phenoxy) is 1. The minimum absolute atomic E-state index is 0.0289. The number of nitrogens with zero attached hydrogens (tertiary/aromatic N) is 1. The van der Waals surface area contributed by atoms with Gasteiger partial charge in [-0.3, -0.25) is 4.79 Å². The second-order valence-corrected chi connectivity index (χ2v) is 9.61. The minimum atomic E-state index is -3.46. The van der Waals surface area contributed by atoms with Crippen molar-refractivity contribution in [2.75, 3.05) is 20.7 Å². The third-order valence-corrected chi connectivity index (χ3v) is 7.22. The Morgan fingerprint density at radius 2 is 1.88 bits per heavy atom. The highest BCUT2D eigenvalue weighted by molar-refractivity contribution is 7.89. The molecule has 1 aliphatic rings. The fourth-order valence-corrected chi connectivity index (χ4v) is 4.05. The number of hydrogen-bond acceptors (Lipinski definition) is 5. The predicted molar refractivity (Wildman–Crippen MR) is 99.9 cm³/mol. The van der Waals surface area contributed by atoms with Gasteiger partial charge in [0.1, 0.15) is 5.54 Å². The molecule has 1 aromatic carbocycles. The number of carbonyl (C=O) groups is 1. The molecule has 3 N–H and O–H groups in total. The summed E-state index contributed by atoms with van der Waals surface area (Å²) in [6.07, 6.45) is 0.457. The summed E-state index contributed by atoms with van der Waals surface area (Å²) in [6.45, 7) is 6.69. The van der Waals surface area contributed by atoms with Crippen LogP contribution in [0, 0.1) is 5.41 Å². The van der Waals surface area contributed by atoms with E-state index in [-0.39, 0.29) is 23.5 Å². The average Bonchev–Trinajstić information content (AvgIpc) is 2.59. The van der Waals surface area contributed by atoms with Gasteiger partial charge in [-0.25, -0.2) is 12.7 Å². The van der Waals surface area contributed by atoms with Gasteiger partial charge < -0.3 is 15.8 Å². The zero-order valence-corrected chi connectivity index (χ0v) is 16.9. The van der Waals surface area contributed by atoms with Gasteiger partial charge in [-0.05, 0) is 24.6 Å². The summed E-state index contributed by atoms with van der Waals surface area (Å²) in [5, 5.41) is 2.86. The number of nitrogens with two attached hydrogens (primary N) is 1. The van der Waals surface area contributed by atoms with Gasteiger partial charge in [0.05, 0.1) is 11.0 Å². The number of hydrogen-bond donors (Lipinski definition) is 2. The Balaban J connectivity index is 2.00. The van der Waals surface area contributed by atoms with Crippen LogP contribution in [-0.4, -0.2) is 51.0 Å². The SMILES string of the molecule is CCOC1CC(N)(C(=O)NCc2ccc(S(=O)(=O)N(C)C)cc2)C1(C)C. The molecule has 0 heterocycles. The van der Waals surface area contributed by atoms with E-state index in [0.29, 0.717) is 13.0 Å². The van der Waals surface area contributed by atoms with E-state index in [9.17, 15) is 13.2 Å². The van der Waals surface area contributed by atoms with Crippen molar-refractivity contribution < 1.29 is 17.9 Å². The zero-order valence-electron chi connectivity index (χ0n) is 16.1. The summed E-state index contributed by atoms with van der Waals surface area (Å²) in [5.74, 6) is -0.219. The Morgan fingerprint density at radius 1 is 1.31 bits per heavy atom. The summed E-state index contributed by atoms with van der Waals surface area (Å²) in [6, 6.07) is 6.45. The number of benzene rings is 1. The number of sulfonamides is 1. The second kappa shape index (κ2) is 7.26. The van der Waals surface area contributed by atoms with E-state index in [0.717, 1.165) is 9.87 Å². The maximum Gasteiger partial charge on any atom is 0.242 e. The molecular weight excluding hydrogens is 354 g/mol. The molecule has 1 fully saturated rings. The average molecular weight is 384 g/mol. The van der Waals surface area contributed by atoms with Crippen LogP contribution in [0.3, 0.4) is 0 Å². The van der Waals surface area contributed by atoms with Crippen molar-refractivity contribution in [2.24, 2.45) is 11.1 Å². The number of nitrogens with one attached hydrogen (secondary N) is 1. The van der Waals surface area contributed by atoms with Crippen molar-refractivity contribution in [1.82, 2.24) is 9.62 Å². The van der Waals surface area contributed by atoms with Crippen molar-refractivity contribution in [3.05, 3.63) is 29.8 Å². The molecule has 0 bridgehead atoms. The summed E-state index contributed by atoms with van der Waals surface area (Å²) < 4.78 is 30.9. The number of rotatable bonds is 7. The molecule has 8 heteroatoms. The highest BCUT2D eigenvalue weighted by Gasteiger charge is 2.62. The van der Waals surface area contributed by atoms with Crippen molar-refractivity contribution in [2.45, 2.75) is 50.3 Å². The van der Waals surface area contributed by atoms with Crippen LogP contribution in [-0.2, 0) is 26.1 Å². The fraction of sp³-hybridized carbons (Fsp3) is 0.611. The molecule has 0 aromatic heterocycles. The predicted octanol–water partition coefficient (Wildman–Crippen LogP) is 1.09. The van der Waals surface area contributed by atoms with Gasteiger partial charge in [0, 0.05) is 39.1 Å². The minimum Gasteiger partial charge on any atom is -0.378 e. The third-order valence-electron chi connectivity index (χ3n) is 5.39. The molecular formula is C18H29N3O4S. The lowest BCUT2D eigenvalue weighted by atomic mass is 9.54. The van der Waals surface area contributed by atoms with Crippen LogP contribution in [0.1, 0.15) is 32.8 Å². The molecule has 0 saturated heterocycles. The van der Waals surface area contributed by atoms with Crippen LogP contribution in [0.2, 0.25) is 0 Å². The van der Waals surface area contributed by atoms with Crippen LogP contribution in [0.15, 0.2) is 29.2 Å². The van der Waals surface area contributed by atoms with Crippen LogP contribution in [0.25, 0.3) is 0 Å². The van der Waals surface area contributed by atoms with Gasteiger partial charge in [0.2, 0.25) is 15.9 Å². The molecule has 1 aromatic rings. The molecule has 0 spiro atoms. The van der Waals surface area contributed by atoms with Crippen LogP contribution >= 0.6 is 0 Å². The summed E-state index contributed by atoms with van der Waals surface area (Å²) in [4.78, 5) is 12.8. The van der Waals surface area contributed by atoms with Gasteiger partial charge in [-0.15, -0.1) is 0 Å². The van der Waals surface area contributed by atoms with Crippen LogP contribution < -0.4 is 11.1 Å². The first-order valence-electron chi connectivity index (χ1n) is 8.67. The quantitative estimate of drug-likeness (QED) is 0.734. The van der Waals surface area contributed by atoms with Crippen molar-refractivity contribution in [3.63, 3.8) is 0 Å². The van der Waals surface area contributed by atoms with Gasteiger partial charge in [0.25, 0.3) is 0 Å². The van der Waals surface area contributed by atoms with E-state index in [1.807, 2.05) is 20.8 Å². The number of carbonyl (C=O) groups excluding carboxylic acids is 1. The van der Waals surface area contributed by atoms with E-state index in [4.69, 9.17) is 10.5 Å².